The Morgan fingerprint density at radius 1 is 0.775 bits per heavy atom. The molecule has 0 bridgehead atoms. The second-order valence-electron chi connectivity index (χ2n) is 9.07. The predicted molar refractivity (Wildman–Crippen MR) is 137 cm³/mol. The Balaban J connectivity index is 1.73. The van der Waals surface area contributed by atoms with Gasteiger partial charge in [0.2, 0.25) is 12.4 Å². The number of ether oxygens (including phenoxy) is 6. The maximum absolute atomic E-state index is 12.0. The first kappa shape index (κ1) is 28.4. The summed E-state index contributed by atoms with van der Waals surface area (Å²) in [5.41, 5.74) is 1.76. The summed E-state index contributed by atoms with van der Waals surface area (Å²) in [6.07, 6.45) is -6.51. The van der Waals surface area contributed by atoms with Gasteiger partial charge in [0.25, 0.3) is 0 Å². The SMILES string of the molecule is CC(=O)OC[C@H]1O[C@@H](Oc2ccc3nc4ccc(=O)cc-4ccc3c2)[C@H](OC(C)=O)[C@@H](OC(C)=O)[C@H]1OC(C)=O. The molecule has 210 valence electrons. The minimum Gasteiger partial charge on any atom is -0.463 e. The second-order valence-corrected chi connectivity index (χ2v) is 9.07. The van der Waals surface area contributed by atoms with Crippen LogP contribution in [0.2, 0.25) is 0 Å². The van der Waals surface area contributed by atoms with Crippen LogP contribution in [-0.4, -0.2) is 66.2 Å². The number of hydrogen-bond acceptors (Lipinski definition) is 12. The molecule has 12 nitrogen and oxygen atoms in total. The second kappa shape index (κ2) is 12.1. The van der Waals surface area contributed by atoms with Crippen molar-refractivity contribution in [2.24, 2.45) is 0 Å². The number of carbonyl (C=O) groups excluding carboxylic acids is 4. The van der Waals surface area contributed by atoms with E-state index in [1.54, 1.807) is 36.4 Å². The Kier molecular flexibility index (Phi) is 8.58. The lowest BCUT2D eigenvalue weighted by Gasteiger charge is -2.43. The van der Waals surface area contributed by atoms with E-state index in [1.165, 1.54) is 19.1 Å². The lowest BCUT2D eigenvalue weighted by molar-refractivity contribution is -0.288. The molecule has 2 heterocycles. The lowest BCUT2D eigenvalue weighted by Crippen LogP contribution is -2.63. The fraction of sp³-hybridized carbons (Fsp3) is 0.357. The molecule has 0 aromatic heterocycles. The summed E-state index contributed by atoms with van der Waals surface area (Å²) in [5, 5.41) is 0.659. The first-order valence-corrected chi connectivity index (χ1v) is 12.3. The molecule has 2 aliphatic heterocycles. The van der Waals surface area contributed by atoms with Crippen molar-refractivity contribution in [2.75, 3.05) is 6.61 Å². The van der Waals surface area contributed by atoms with Crippen LogP contribution < -0.4 is 10.2 Å². The largest absolute Gasteiger partial charge is 0.463 e. The zero-order valence-electron chi connectivity index (χ0n) is 22.2. The van der Waals surface area contributed by atoms with Crippen molar-refractivity contribution in [3.63, 3.8) is 0 Å². The van der Waals surface area contributed by atoms with Crippen LogP contribution in [0.5, 0.6) is 5.75 Å². The summed E-state index contributed by atoms with van der Waals surface area (Å²) in [6.45, 7) is 4.24. The van der Waals surface area contributed by atoms with E-state index in [9.17, 15) is 24.0 Å². The van der Waals surface area contributed by atoms with Crippen LogP contribution in [0.3, 0.4) is 0 Å². The van der Waals surface area contributed by atoms with Gasteiger partial charge in [0, 0.05) is 38.6 Å². The van der Waals surface area contributed by atoms with Crippen molar-refractivity contribution in [1.29, 1.82) is 0 Å². The maximum atomic E-state index is 12.0. The van der Waals surface area contributed by atoms with Crippen molar-refractivity contribution in [3.05, 3.63) is 58.8 Å². The number of rotatable bonds is 7. The Hall–Kier alpha value is -4.58. The minimum atomic E-state index is -1.37. The van der Waals surface area contributed by atoms with Crippen molar-refractivity contribution in [3.8, 4) is 17.0 Å². The molecule has 5 atom stereocenters. The molecule has 1 aromatic carbocycles. The molecular weight excluding hydrogens is 526 g/mol. The van der Waals surface area contributed by atoms with Gasteiger partial charge < -0.3 is 28.4 Å². The highest BCUT2D eigenvalue weighted by Gasteiger charge is 2.53. The topological polar surface area (TPSA) is 154 Å². The normalized spacial score (nSPS) is 22.2. The van der Waals surface area contributed by atoms with Crippen molar-refractivity contribution in [1.82, 2.24) is 4.98 Å². The van der Waals surface area contributed by atoms with Crippen molar-refractivity contribution < 1.29 is 47.6 Å². The Morgan fingerprint density at radius 2 is 1.45 bits per heavy atom. The molecule has 1 fully saturated rings. The van der Waals surface area contributed by atoms with E-state index in [0.29, 0.717) is 22.2 Å². The summed E-state index contributed by atoms with van der Waals surface area (Å²) < 4.78 is 33.4. The van der Waals surface area contributed by atoms with Gasteiger partial charge in [-0.15, -0.1) is 0 Å². The maximum Gasteiger partial charge on any atom is 0.303 e. The van der Waals surface area contributed by atoms with Crippen LogP contribution in [0.15, 0.2) is 53.3 Å². The summed E-state index contributed by atoms with van der Waals surface area (Å²) in [6, 6.07) is 13.0. The van der Waals surface area contributed by atoms with Crippen LogP contribution in [-0.2, 0) is 42.9 Å². The third-order valence-corrected chi connectivity index (χ3v) is 5.88. The zero-order chi connectivity index (χ0) is 29.0. The Morgan fingerprint density at radius 3 is 2.12 bits per heavy atom. The number of fused-ring (bicyclic) bond motifs is 2. The minimum absolute atomic E-state index is 0.141. The van der Waals surface area contributed by atoms with E-state index in [4.69, 9.17) is 28.4 Å². The van der Waals surface area contributed by atoms with Crippen LogP contribution in [0, 0.1) is 0 Å². The number of aromatic nitrogens is 1. The molecular formula is C28H27NO11. The number of hydrogen-bond donors (Lipinski definition) is 0. The Bertz CT molecular complexity index is 1470. The first-order valence-electron chi connectivity index (χ1n) is 12.3. The molecule has 0 spiro atoms. The molecule has 40 heavy (non-hydrogen) atoms. The van der Waals surface area contributed by atoms with Gasteiger partial charge in [-0.1, -0.05) is 12.1 Å². The average molecular weight is 554 g/mol. The van der Waals surface area contributed by atoms with E-state index < -0.39 is 54.6 Å². The van der Waals surface area contributed by atoms with E-state index in [2.05, 4.69) is 4.98 Å². The third kappa shape index (κ3) is 6.89. The van der Waals surface area contributed by atoms with Crippen LogP contribution in [0.25, 0.3) is 22.2 Å². The van der Waals surface area contributed by atoms with Gasteiger partial charge in [0.15, 0.2) is 17.6 Å². The van der Waals surface area contributed by atoms with Gasteiger partial charge >= 0.3 is 23.9 Å². The predicted octanol–water partition coefficient (Wildman–Crippen LogP) is 2.16. The van der Waals surface area contributed by atoms with Crippen LogP contribution in [0.1, 0.15) is 27.7 Å². The molecule has 0 saturated carbocycles. The standard InChI is InChI=1S/C28H27NO11/c1-14(30)35-13-24-25(36-15(2)31)26(37-16(3)32)27(38-17(4)33)28(40-24)39-21-8-10-23-19(12-21)6-5-18-11-20(34)7-9-22(18)29-23/h5-12,24-28H,13H2,1-4H3/t24-,25+,26+,27-,28-/m1/s1. The molecule has 3 aliphatic rings. The Labute approximate surface area is 228 Å². The highest BCUT2D eigenvalue weighted by molar-refractivity contribution is 5.82. The average Bonchev–Trinajstić information content (AvgIpc) is 3.04. The summed E-state index contributed by atoms with van der Waals surface area (Å²) >= 11 is 0. The first-order chi connectivity index (χ1) is 19.0. The number of carbonyl (C=O) groups is 4. The molecule has 0 N–H and O–H groups in total. The molecule has 0 amide bonds. The van der Waals surface area contributed by atoms with Crippen LogP contribution in [0.4, 0.5) is 0 Å². The summed E-state index contributed by atoms with van der Waals surface area (Å²) in [5.74, 6) is -2.57. The zero-order valence-corrected chi connectivity index (χ0v) is 22.2. The highest BCUT2D eigenvalue weighted by Crippen LogP contribution is 2.32. The van der Waals surface area contributed by atoms with E-state index in [-0.39, 0.29) is 17.8 Å². The molecule has 1 aliphatic carbocycles. The fourth-order valence-electron chi connectivity index (χ4n) is 4.34. The van der Waals surface area contributed by atoms with E-state index >= 15 is 0 Å². The summed E-state index contributed by atoms with van der Waals surface area (Å²) in [7, 11) is 0. The quantitative estimate of drug-likeness (QED) is 0.311. The highest BCUT2D eigenvalue weighted by atomic mass is 16.7. The monoisotopic (exact) mass is 553 g/mol. The van der Waals surface area contributed by atoms with Crippen molar-refractivity contribution >= 4 is 34.8 Å². The molecule has 4 rings (SSSR count). The molecule has 12 heteroatoms. The summed E-state index contributed by atoms with van der Waals surface area (Å²) in [4.78, 5) is 63.8. The molecule has 1 saturated heterocycles. The van der Waals surface area contributed by atoms with E-state index in [1.807, 2.05) is 0 Å². The van der Waals surface area contributed by atoms with Crippen LogP contribution >= 0.6 is 0 Å². The van der Waals surface area contributed by atoms with Gasteiger partial charge in [-0.25, -0.2) is 4.98 Å². The fourth-order valence-corrected chi connectivity index (χ4v) is 4.34. The van der Waals surface area contributed by atoms with Gasteiger partial charge in [0.05, 0.1) is 11.2 Å². The smallest absolute Gasteiger partial charge is 0.303 e. The van der Waals surface area contributed by atoms with Gasteiger partial charge in [-0.05, 0) is 36.4 Å². The van der Waals surface area contributed by atoms with Gasteiger partial charge in [-0.2, -0.15) is 0 Å². The lowest BCUT2D eigenvalue weighted by atomic mass is 9.98. The third-order valence-electron chi connectivity index (χ3n) is 5.88. The van der Waals surface area contributed by atoms with Gasteiger partial charge in [-0.3, -0.25) is 24.0 Å². The van der Waals surface area contributed by atoms with Crippen molar-refractivity contribution in [2.45, 2.75) is 58.4 Å². The van der Waals surface area contributed by atoms with Gasteiger partial charge in [0.1, 0.15) is 18.5 Å². The number of nitrogens with zero attached hydrogens (tertiary/aromatic N) is 1. The number of benzene rings is 2. The molecule has 1 aromatic rings. The molecule has 0 radical (unpaired) electrons. The molecule has 0 unspecified atom stereocenters. The van der Waals surface area contributed by atoms with E-state index in [0.717, 1.165) is 20.8 Å². The number of esters is 4.